The van der Waals surface area contributed by atoms with Gasteiger partial charge in [-0.05, 0) is 24.1 Å². The molecule has 0 fully saturated rings. The number of nitrogens with one attached hydrogen (secondary N) is 1. The molecule has 1 rings (SSSR count). The fraction of sp³-hybridized carbons (Fsp3) is 0.571. The highest BCUT2D eigenvalue weighted by Crippen LogP contribution is 2.21. The van der Waals surface area contributed by atoms with Gasteiger partial charge < -0.3 is 30.1 Å². The minimum absolute atomic E-state index is 0.0217. The lowest BCUT2D eigenvalue weighted by Gasteiger charge is -2.32. The fourth-order valence-corrected chi connectivity index (χ4v) is 4.48. The van der Waals surface area contributed by atoms with Crippen LogP contribution in [0.25, 0.3) is 0 Å². The van der Waals surface area contributed by atoms with Crippen molar-refractivity contribution in [2.24, 2.45) is 11.5 Å². The van der Waals surface area contributed by atoms with Crippen LogP contribution >= 0.6 is 0 Å². The van der Waals surface area contributed by atoms with Gasteiger partial charge in [-0.1, -0.05) is 19.1 Å². The molecule has 0 aliphatic rings. The van der Waals surface area contributed by atoms with Gasteiger partial charge in [-0.3, -0.25) is 0 Å². The second kappa shape index (κ2) is 8.47. The van der Waals surface area contributed by atoms with Gasteiger partial charge in [0, 0.05) is 39.6 Å². The first-order valence-corrected chi connectivity index (χ1v) is 8.84. The highest BCUT2D eigenvalue weighted by molar-refractivity contribution is 6.63. The molecule has 0 spiro atoms. The van der Waals surface area contributed by atoms with Crippen LogP contribution in [-0.4, -0.2) is 42.3 Å². The van der Waals surface area contributed by atoms with E-state index in [1.165, 1.54) is 0 Å². The maximum absolute atomic E-state index is 5.91. The van der Waals surface area contributed by atoms with Crippen molar-refractivity contribution in [2.45, 2.75) is 25.1 Å². The van der Waals surface area contributed by atoms with E-state index in [2.05, 4.69) is 12.2 Å². The summed E-state index contributed by atoms with van der Waals surface area (Å²) in [6.07, 6.45) is 0.825. The number of hydrogen-bond donors (Lipinski definition) is 3. The first-order chi connectivity index (χ1) is 10.1. The lowest BCUT2D eigenvalue weighted by atomic mass is 10.1. The van der Waals surface area contributed by atoms with Crippen LogP contribution in [0.3, 0.4) is 0 Å². The topological polar surface area (TPSA) is 91.8 Å². The number of benzene rings is 1. The second-order valence-corrected chi connectivity index (χ2v) is 7.91. The first kappa shape index (κ1) is 18.1. The number of hydrogen-bond acceptors (Lipinski definition) is 6. The van der Waals surface area contributed by atoms with E-state index >= 15 is 0 Å². The zero-order valence-corrected chi connectivity index (χ0v) is 14.3. The average molecular weight is 313 g/mol. The molecule has 0 amide bonds. The van der Waals surface area contributed by atoms with Gasteiger partial charge in [-0.15, -0.1) is 0 Å². The van der Waals surface area contributed by atoms with Crippen LogP contribution in [0.4, 0.5) is 5.69 Å². The Morgan fingerprint density at radius 2 is 1.62 bits per heavy atom. The monoisotopic (exact) mass is 313 g/mol. The van der Waals surface area contributed by atoms with Gasteiger partial charge in [0.15, 0.2) is 0 Å². The molecule has 21 heavy (non-hydrogen) atoms. The van der Waals surface area contributed by atoms with Crippen LogP contribution < -0.4 is 16.8 Å². The first-order valence-electron chi connectivity index (χ1n) is 7.04. The summed E-state index contributed by atoms with van der Waals surface area (Å²) in [6.45, 7) is 2.49. The lowest BCUT2D eigenvalue weighted by Crippen LogP contribution is -2.57. The highest BCUT2D eigenvalue weighted by atomic mass is 28.4. The SMILES string of the molecule is CCC(Nc1ccc(C(N)CN)cc1)[Si](OC)(OC)OC. The molecular weight excluding hydrogens is 286 g/mol. The van der Waals surface area contributed by atoms with Gasteiger partial charge in [-0.25, -0.2) is 0 Å². The van der Waals surface area contributed by atoms with Crippen LogP contribution in [-0.2, 0) is 13.3 Å². The maximum Gasteiger partial charge on any atom is 0.523 e. The lowest BCUT2D eigenvalue weighted by molar-refractivity contribution is 0.115. The third-order valence-corrected chi connectivity index (χ3v) is 6.74. The Morgan fingerprint density at radius 1 is 1.10 bits per heavy atom. The van der Waals surface area contributed by atoms with Crippen LogP contribution in [0, 0.1) is 0 Å². The van der Waals surface area contributed by atoms with Crippen molar-refractivity contribution in [1.82, 2.24) is 0 Å². The molecule has 6 nitrogen and oxygen atoms in total. The summed E-state index contributed by atoms with van der Waals surface area (Å²) in [5, 5.41) is 3.42. The molecule has 0 radical (unpaired) electrons. The van der Waals surface area contributed by atoms with E-state index in [-0.39, 0.29) is 11.7 Å². The smallest absolute Gasteiger partial charge is 0.378 e. The average Bonchev–Trinajstić information content (AvgIpc) is 2.55. The Hall–Kier alpha value is -0.963. The molecule has 7 heteroatoms. The van der Waals surface area contributed by atoms with E-state index in [0.29, 0.717) is 6.54 Å². The molecule has 0 saturated carbocycles. The van der Waals surface area contributed by atoms with Gasteiger partial charge in [0.1, 0.15) is 0 Å². The molecule has 2 atom stereocenters. The van der Waals surface area contributed by atoms with Crippen molar-refractivity contribution in [2.75, 3.05) is 33.2 Å². The van der Waals surface area contributed by atoms with E-state index in [4.69, 9.17) is 24.7 Å². The van der Waals surface area contributed by atoms with Gasteiger partial charge in [0.25, 0.3) is 0 Å². The Morgan fingerprint density at radius 3 is 2.00 bits per heavy atom. The van der Waals surface area contributed by atoms with Gasteiger partial charge in [0.05, 0.1) is 5.67 Å². The fourth-order valence-electron chi connectivity index (χ4n) is 2.28. The van der Waals surface area contributed by atoms with Crippen molar-refractivity contribution < 1.29 is 13.3 Å². The summed E-state index contributed by atoms with van der Waals surface area (Å²) < 4.78 is 16.6. The van der Waals surface area contributed by atoms with E-state index in [1.54, 1.807) is 21.3 Å². The molecule has 5 N–H and O–H groups in total. The van der Waals surface area contributed by atoms with E-state index in [0.717, 1.165) is 17.7 Å². The molecule has 0 aliphatic carbocycles. The Kier molecular flexibility index (Phi) is 7.30. The predicted octanol–water partition coefficient (Wildman–Crippen LogP) is 1.25. The molecular formula is C14H27N3O3Si. The van der Waals surface area contributed by atoms with Crippen molar-refractivity contribution in [1.29, 1.82) is 0 Å². The van der Waals surface area contributed by atoms with Gasteiger partial charge in [0.2, 0.25) is 0 Å². The molecule has 1 aromatic carbocycles. The highest BCUT2D eigenvalue weighted by Gasteiger charge is 2.46. The van der Waals surface area contributed by atoms with Crippen LogP contribution in [0.5, 0.6) is 0 Å². The zero-order chi connectivity index (χ0) is 15.9. The van der Waals surface area contributed by atoms with Crippen molar-refractivity contribution in [3.05, 3.63) is 29.8 Å². The Balaban J connectivity index is 2.86. The molecule has 0 saturated heterocycles. The van der Waals surface area contributed by atoms with Crippen LogP contribution in [0.1, 0.15) is 24.9 Å². The van der Waals surface area contributed by atoms with E-state index < -0.39 is 8.80 Å². The van der Waals surface area contributed by atoms with Crippen molar-refractivity contribution in [3.63, 3.8) is 0 Å². The summed E-state index contributed by atoms with van der Waals surface area (Å²) in [4.78, 5) is 0. The molecule has 120 valence electrons. The summed E-state index contributed by atoms with van der Waals surface area (Å²) in [6, 6.07) is 7.78. The minimum Gasteiger partial charge on any atom is -0.378 e. The predicted molar refractivity (Wildman–Crippen MR) is 86.9 cm³/mol. The van der Waals surface area contributed by atoms with Crippen LogP contribution in [0.15, 0.2) is 24.3 Å². The number of rotatable bonds is 9. The number of anilines is 1. The third-order valence-electron chi connectivity index (χ3n) is 3.62. The van der Waals surface area contributed by atoms with E-state index in [1.807, 2.05) is 24.3 Å². The minimum atomic E-state index is -2.73. The molecule has 1 aromatic rings. The molecule has 2 unspecified atom stereocenters. The summed E-state index contributed by atoms with van der Waals surface area (Å²) >= 11 is 0. The van der Waals surface area contributed by atoms with Crippen LogP contribution in [0.2, 0.25) is 0 Å². The molecule has 0 heterocycles. The maximum atomic E-state index is 5.91. The van der Waals surface area contributed by atoms with Gasteiger partial charge >= 0.3 is 8.80 Å². The Labute approximate surface area is 128 Å². The van der Waals surface area contributed by atoms with Crippen molar-refractivity contribution >= 4 is 14.5 Å². The van der Waals surface area contributed by atoms with E-state index in [9.17, 15) is 0 Å². The standard InChI is InChI=1S/C14H27N3O3Si/c1-5-14(21(18-2,19-3)20-4)17-12-8-6-11(7-9-12)13(16)10-15/h6-9,13-14,17H,5,10,15-16H2,1-4H3. The van der Waals surface area contributed by atoms with Crippen molar-refractivity contribution in [3.8, 4) is 0 Å². The third kappa shape index (κ3) is 4.25. The second-order valence-electron chi connectivity index (χ2n) is 4.79. The summed E-state index contributed by atoms with van der Waals surface area (Å²) in [5.74, 6) is 0. The summed E-state index contributed by atoms with van der Waals surface area (Å²) in [5.41, 5.74) is 13.4. The largest absolute Gasteiger partial charge is 0.523 e. The summed E-state index contributed by atoms with van der Waals surface area (Å²) in [7, 11) is 2.13. The number of nitrogens with two attached hydrogens (primary N) is 2. The molecule has 0 aliphatic heterocycles. The normalized spacial score (nSPS) is 14.8. The quantitative estimate of drug-likeness (QED) is 0.594. The molecule has 0 bridgehead atoms. The van der Waals surface area contributed by atoms with Gasteiger partial charge in [-0.2, -0.15) is 0 Å². The zero-order valence-electron chi connectivity index (χ0n) is 13.3. The molecule has 0 aromatic heterocycles. The Bertz CT molecular complexity index is 404.